The summed E-state index contributed by atoms with van der Waals surface area (Å²) >= 11 is 1.64. The molecule has 6 rings (SSSR count). The van der Waals surface area contributed by atoms with E-state index in [0.717, 1.165) is 54.9 Å². The summed E-state index contributed by atoms with van der Waals surface area (Å²) in [6.45, 7) is 8.30. The highest BCUT2D eigenvalue weighted by atomic mass is 32.1. The molecule has 1 atom stereocenters. The molecule has 0 spiro atoms. The molecule has 0 radical (unpaired) electrons. The number of anilines is 1. The largest absolute Gasteiger partial charge is 0.490 e. The van der Waals surface area contributed by atoms with Crippen LogP contribution in [0.1, 0.15) is 22.7 Å². The number of benzene rings is 2. The average Bonchev–Trinajstić information content (AvgIpc) is 3.62. The van der Waals surface area contributed by atoms with Gasteiger partial charge in [-0.2, -0.15) is 0 Å². The second kappa shape index (κ2) is 12.1. The first-order chi connectivity index (χ1) is 20.0. The third-order valence-corrected chi connectivity index (χ3v) is 8.09. The van der Waals surface area contributed by atoms with E-state index in [9.17, 15) is 10.1 Å². The Balaban J connectivity index is 0.926. The minimum atomic E-state index is -0.511. The molecule has 2 aliphatic rings. The number of aryl methyl sites for hydroxylation is 2. The fourth-order valence-corrected chi connectivity index (χ4v) is 5.62. The van der Waals surface area contributed by atoms with Crippen LogP contribution in [-0.2, 0) is 19.7 Å². The van der Waals surface area contributed by atoms with E-state index < -0.39 is 4.92 Å². The van der Waals surface area contributed by atoms with Crippen molar-refractivity contribution in [2.75, 3.05) is 37.7 Å². The van der Waals surface area contributed by atoms with Gasteiger partial charge in [0.2, 0.25) is 0 Å². The Labute approximate surface area is 242 Å². The van der Waals surface area contributed by atoms with Gasteiger partial charge in [-0.1, -0.05) is 12.1 Å². The Morgan fingerprint density at radius 2 is 1.73 bits per heavy atom. The van der Waals surface area contributed by atoms with Crippen LogP contribution < -0.4 is 19.1 Å². The lowest BCUT2D eigenvalue weighted by molar-refractivity contribution is -0.389. The summed E-state index contributed by atoms with van der Waals surface area (Å²) < 4.78 is 19.3. The van der Waals surface area contributed by atoms with Crippen LogP contribution >= 0.6 is 11.3 Å². The van der Waals surface area contributed by atoms with E-state index in [1.165, 1.54) is 17.4 Å². The average molecular weight is 577 g/mol. The molecule has 0 bridgehead atoms. The molecule has 0 amide bonds. The van der Waals surface area contributed by atoms with Crippen LogP contribution in [0.4, 0.5) is 11.5 Å². The molecule has 4 aromatic rings. The molecule has 4 heterocycles. The Kier molecular flexibility index (Phi) is 8.01. The van der Waals surface area contributed by atoms with Crippen LogP contribution in [0.5, 0.6) is 17.5 Å². The van der Waals surface area contributed by atoms with Gasteiger partial charge in [-0.15, -0.1) is 11.3 Å². The Morgan fingerprint density at radius 3 is 2.44 bits per heavy atom. The van der Waals surface area contributed by atoms with Gasteiger partial charge in [0.05, 0.1) is 10.7 Å². The van der Waals surface area contributed by atoms with E-state index in [1.807, 2.05) is 36.6 Å². The van der Waals surface area contributed by atoms with Gasteiger partial charge in [0.15, 0.2) is 0 Å². The maximum atomic E-state index is 10.9. The van der Waals surface area contributed by atoms with Crippen molar-refractivity contribution in [3.8, 4) is 17.5 Å². The summed E-state index contributed by atoms with van der Waals surface area (Å²) in [6.07, 6.45) is 1.91. The number of ether oxygens (including phenoxy) is 3. The molecule has 214 valence electrons. The van der Waals surface area contributed by atoms with Crippen molar-refractivity contribution in [3.63, 3.8) is 0 Å². The van der Waals surface area contributed by atoms with Crippen molar-refractivity contribution in [3.05, 3.63) is 86.5 Å². The van der Waals surface area contributed by atoms with Gasteiger partial charge in [0.25, 0.3) is 0 Å². The van der Waals surface area contributed by atoms with E-state index in [4.69, 9.17) is 14.2 Å². The monoisotopic (exact) mass is 576 g/mol. The zero-order valence-corrected chi connectivity index (χ0v) is 23.7. The molecule has 1 fully saturated rings. The van der Waals surface area contributed by atoms with E-state index >= 15 is 0 Å². The lowest BCUT2D eigenvalue weighted by atomic mass is 10.2. The van der Waals surface area contributed by atoms with Gasteiger partial charge in [-0.05, 0) is 53.8 Å². The molecule has 0 unspecified atom stereocenters. The van der Waals surface area contributed by atoms with Crippen LogP contribution in [-0.4, -0.2) is 63.2 Å². The summed E-state index contributed by atoms with van der Waals surface area (Å²) in [5.74, 6) is 1.43. The smallest absolute Gasteiger partial charge is 0.414 e. The molecule has 2 aliphatic heterocycles. The minimum Gasteiger partial charge on any atom is -0.490 e. The second-order valence-corrected chi connectivity index (χ2v) is 11.3. The van der Waals surface area contributed by atoms with E-state index in [1.54, 1.807) is 15.9 Å². The number of nitro groups is 1. The van der Waals surface area contributed by atoms with Crippen molar-refractivity contribution < 1.29 is 19.1 Å². The highest BCUT2D eigenvalue weighted by Gasteiger charge is 2.28. The normalized spacial score (nSPS) is 17.1. The number of hydrogen-bond donors (Lipinski definition) is 0. The third-order valence-electron chi connectivity index (χ3n) is 7.27. The first kappa shape index (κ1) is 27.0. The van der Waals surface area contributed by atoms with Crippen molar-refractivity contribution in [2.45, 2.75) is 39.1 Å². The number of piperazine rings is 1. The van der Waals surface area contributed by atoms with Crippen molar-refractivity contribution in [2.24, 2.45) is 0 Å². The van der Waals surface area contributed by atoms with Crippen molar-refractivity contribution >= 4 is 22.8 Å². The second-order valence-electron chi connectivity index (χ2n) is 10.2. The number of aromatic nitrogens is 3. The first-order valence-corrected chi connectivity index (χ1v) is 14.6. The number of rotatable bonds is 10. The number of fused-ring (bicyclic) bond motifs is 1. The summed E-state index contributed by atoms with van der Waals surface area (Å²) in [7, 11) is 0. The Morgan fingerprint density at radius 1 is 1.00 bits per heavy atom. The van der Waals surface area contributed by atoms with Gasteiger partial charge in [-0.25, -0.2) is 4.98 Å². The zero-order chi connectivity index (χ0) is 28.2. The number of hydrogen-bond acceptors (Lipinski definition) is 10. The Bertz CT molecular complexity index is 1460. The fraction of sp³-hybridized carbons (Fsp3) is 0.379. The SMILES string of the molecule is Cc1nc(COc2ccc(CN3CCN(c4ccc(OC[C@H]5CCn6cc([N+](=O)[O-])nc6O5)cc4)CC3)cc2)cs1. The van der Waals surface area contributed by atoms with E-state index in [0.29, 0.717) is 26.2 Å². The summed E-state index contributed by atoms with van der Waals surface area (Å²) in [4.78, 5) is 23.7. The van der Waals surface area contributed by atoms with Crippen LogP contribution in [0.15, 0.2) is 60.1 Å². The first-order valence-electron chi connectivity index (χ1n) is 13.7. The van der Waals surface area contributed by atoms with Gasteiger partial charge >= 0.3 is 11.8 Å². The summed E-state index contributed by atoms with van der Waals surface area (Å²) in [5, 5.41) is 14.0. The van der Waals surface area contributed by atoms with Crippen molar-refractivity contribution in [1.29, 1.82) is 0 Å². The molecule has 1 saturated heterocycles. The highest BCUT2D eigenvalue weighted by molar-refractivity contribution is 7.09. The topological polar surface area (TPSA) is 108 Å². The highest BCUT2D eigenvalue weighted by Crippen LogP contribution is 2.26. The van der Waals surface area contributed by atoms with Gasteiger partial charge in [0, 0.05) is 61.7 Å². The summed E-state index contributed by atoms with van der Waals surface area (Å²) in [6, 6.07) is 16.8. The maximum Gasteiger partial charge on any atom is 0.414 e. The van der Waals surface area contributed by atoms with Gasteiger partial charge in [0.1, 0.15) is 37.0 Å². The van der Waals surface area contributed by atoms with Crippen molar-refractivity contribution in [1.82, 2.24) is 19.4 Å². The molecule has 41 heavy (non-hydrogen) atoms. The zero-order valence-electron chi connectivity index (χ0n) is 22.8. The molecule has 2 aromatic carbocycles. The molecule has 0 aliphatic carbocycles. The molecule has 0 saturated carbocycles. The number of thiazole rings is 1. The van der Waals surface area contributed by atoms with Crippen LogP contribution in [0.2, 0.25) is 0 Å². The standard InChI is InChI=1S/C29H32N6O5S/c1-21-30-23(20-41-21)18-38-25-6-2-22(3-7-25)16-32-12-14-33(15-13-32)24-4-8-26(9-5-24)39-19-27-10-11-34-17-28(35(36)37)31-29(34)40-27/h2-9,17,20,27H,10-16,18-19H2,1H3/t27-/m1/s1. The Hall–Kier alpha value is -4.16. The van der Waals surface area contributed by atoms with E-state index in [-0.39, 0.29) is 17.9 Å². The molecule has 0 N–H and O–H groups in total. The van der Waals surface area contributed by atoms with Crippen LogP contribution in [0, 0.1) is 17.0 Å². The quantitative estimate of drug-likeness (QED) is 0.196. The van der Waals surface area contributed by atoms with Crippen LogP contribution in [0.3, 0.4) is 0 Å². The van der Waals surface area contributed by atoms with Gasteiger partial charge in [-0.3, -0.25) is 9.47 Å². The number of nitrogens with zero attached hydrogens (tertiary/aromatic N) is 6. The van der Waals surface area contributed by atoms with Crippen LogP contribution in [0.25, 0.3) is 0 Å². The molecule has 2 aromatic heterocycles. The molecule has 11 nitrogen and oxygen atoms in total. The summed E-state index contributed by atoms with van der Waals surface area (Å²) in [5.41, 5.74) is 3.43. The minimum absolute atomic E-state index is 0.198. The predicted octanol–water partition coefficient (Wildman–Crippen LogP) is 4.69. The molecular formula is C29H32N6O5S. The molecular weight excluding hydrogens is 544 g/mol. The lowest BCUT2D eigenvalue weighted by Crippen LogP contribution is -2.45. The van der Waals surface area contributed by atoms with E-state index in [2.05, 4.69) is 44.0 Å². The lowest BCUT2D eigenvalue weighted by Gasteiger charge is -2.36. The fourth-order valence-electron chi connectivity index (χ4n) is 5.02. The van der Waals surface area contributed by atoms with Gasteiger partial charge < -0.3 is 29.2 Å². The molecule has 12 heteroatoms. The maximum absolute atomic E-state index is 10.9. The predicted molar refractivity (Wildman–Crippen MR) is 155 cm³/mol. The third kappa shape index (κ3) is 6.77. The number of imidazole rings is 1.